The molecule has 1 heteroatoms. The highest BCUT2D eigenvalue weighted by molar-refractivity contribution is 5.86. The van der Waals surface area contributed by atoms with Crippen molar-refractivity contribution in [3.05, 3.63) is 48.0 Å². The molecule has 0 radical (unpaired) electrons. The minimum atomic E-state index is 0.242. The van der Waals surface area contributed by atoms with E-state index >= 15 is 0 Å². The standard InChI is InChI=1S/C16H16O/c1-11-8-15(10-16(11)17)14-7-6-12-4-2-3-5-13(12)9-14/h2-7,9,11,15H,8,10H2,1H3/t11-,15-/m0/s1. The van der Waals surface area contributed by atoms with Crippen LogP contribution < -0.4 is 0 Å². The van der Waals surface area contributed by atoms with Crippen LogP contribution in [0.2, 0.25) is 0 Å². The van der Waals surface area contributed by atoms with Crippen LogP contribution in [0.15, 0.2) is 42.5 Å². The van der Waals surface area contributed by atoms with E-state index in [1.54, 1.807) is 0 Å². The summed E-state index contributed by atoms with van der Waals surface area (Å²) in [7, 11) is 0. The van der Waals surface area contributed by atoms with Crippen molar-refractivity contribution < 1.29 is 4.79 Å². The van der Waals surface area contributed by atoms with Crippen LogP contribution in [0.3, 0.4) is 0 Å². The van der Waals surface area contributed by atoms with Gasteiger partial charge in [0.15, 0.2) is 0 Å². The Morgan fingerprint density at radius 1 is 1.06 bits per heavy atom. The molecule has 0 bridgehead atoms. The molecule has 0 heterocycles. The predicted molar refractivity (Wildman–Crippen MR) is 70.1 cm³/mol. The van der Waals surface area contributed by atoms with Crippen molar-refractivity contribution in [1.82, 2.24) is 0 Å². The van der Waals surface area contributed by atoms with Crippen LogP contribution >= 0.6 is 0 Å². The summed E-state index contributed by atoms with van der Waals surface area (Å²) < 4.78 is 0. The number of Topliss-reactive ketones (excluding diaryl/α,β-unsaturated/α-hetero) is 1. The number of rotatable bonds is 1. The lowest BCUT2D eigenvalue weighted by Crippen LogP contribution is -1.98. The molecule has 86 valence electrons. The Hall–Kier alpha value is -1.63. The Balaban J connectivity index is 1.99. The third-order valence-electron chi connectivity index (χ3n) is 3.88. The monoisotopic (exact) mass is 224 g/mol. The van der Waals surface area contributed by atoms with Gasteiger partial charge in [0.25, 0.3) is 0 Å². The topological polar surface area (TPSA) is 17.1 Å². The molecule has 1 nitrogen and oxygen atoms in total. The number of ketones is 1. The van der Waals surface area contributed by atoms with E-state index in [0.717, 1.165) is 12.8 Å². The molecular weight excluding hydrogens is 208 g/mol. The molecule has 17 heavy (non-hydrogen) atoms. The Morgan fingerprint density at radius 3 is 2.53 bits per heavy atom. The summed E-state index contributed by atoms with van der Waals surface area (Å²) in [6, 6.07) is 15.0. The third kappa shape index (κ3) is 1.86. The molecule has 0 spiro atoms. The van der Waals surface area contributed by atoms with Crippen LogP contribution in [0.25, 0.3) is 10.8 Å². The first kappa shape index (κ1) is 10.5. The minimum absolute atomic E-state index is 0.242. The van der Waals surface area contributed by atoms with Gasteiger partial charge in [0.2, 0.25) is 0 Å². The normalized spacial score (nSPS) is 24.4. The zero-order chi connectivity index (χ0) is 11.8. The highest BCUT2D eigenvalue weighted by Gasteiger charge is 2.29. The summed E-state index contributed by atoms with van der Waals surface area (Å²) in [6.45, 7) is 2.05. The maximum Gasteiger partial charge on any atom is 0.136 e. The first-order valence-corrected chi connectivity index (χ1v) is 6.25. The van der Waals surface area contributed by atoms with E-state index in [0.29, 0.717) is 11.7 Å². The number of carbonyl (C=O) groups excluding carboxylic acids is 1. The number of benzene rings is 2. The number of hydrogen-bond acceptors (Lipinski definition) is 1. The molecule has 0 N–H and O–H groups in total. The fourth-order valence-electron chi connectivity index (χ4n) is 2.80. The van der Waals surface area contributed by atoms with E-state index in [4.69, 9.17) is 0 Å². The molecule has 0 amide bonds. The average Bonchev–Trinajstić information content (AvgIpc) is 2.69. The van der Waals surface area contributed by atoms with Crippen molar-refractivity contribution in [3.63, 3.8) is 0 Å². The van der Waals surface area contributed by atoms with Gasteiger partial charge in [0.05, 0.1) is 0 Å². The Morgan fingerprint density at radius 2 is 1.82 bits per heavy atom. The molecule has 3 rings (SSSR count). The van der Waals surface area contributed by atoms with E-state index < -0.39 is 0 Å². The van der Waals surface area contributed by atoms with Crippen LogP contribution in [0.1, 0.15) is 31.2 Å². The molecular formula is C16H16O. The van der Waals surface area contributed by atoms with Crippen molar-refractivity contribution in [2.45, 2.75) is 25.7 Å². The zero-order valence-electron chi connectivity index (χ0n) is 10.0. The van der Waals surface area contributed by atoms with Gasteiger partial charge in [-0.25, -0.2) is 0 Å². The fourth-order valence-corrected chi connectivity index (χ4v) is 2.80. The largest absolute Gasteiger partial charge is 0.299 e. The van der Waals surface area contributed by atoms with Crippen molar-refractivity contribution in [3.8, 4) is 0 Å². The molecule has 1 saturated carbocycles. The summed E-state index contributed by atoms with van der Waals surface area (Å²) in [5.41, 5.74) is 1.32. The number of fused-ring (bicyclic) bond motifs is 1. The lowest BCUT2D eigenvalue weighted by atomic mass is 9.94. The highest BCUT2D eigenvalue weighted by Crippen LogP contribution is 2.36. The minimum Gasteiger partial charge on any atom is -0.299 e. The van der Waals surface area contributed by atoms with Gasteiger partial charge in [-0.15, -0.1) is 0 Å². The molecule has 1 aliphatic rings. The average molecular weight is 224 g/mol. The van der Waals surface area contributed by atoms with Crippen LogP contribution in [0, 0.1) is 5.92 Å². The quantitative estimate of drug-likeness (QED) is 0.717. The molecule has 2 aromatic carbocycles. The van der Waals surface area contributed by atoms with E-state index in [1.165, 1.54) is 16.3 Å². The fraction of sp³-hybridized carbons (Fsp3) is 0.312. The number of hydrogen-bond donors (Lipinski definition) is 0. The van der Waals surface area contributed by atoms with Crippen LogP contribution in [-0.2, 0) is 4.79 Å². The SMILES string of the molecule is C[C@H]1C[C@H](c2ccc3ccccc3c2)CC1=O. The molecule has 2 aromatic rings. The van der Waals surface area contributed by atoms with Crippen molar-refractivity contribution in [2.75, 3.05) is 0 Å². The smallest absolute Gasteiger partial charge is 0.136 e. The molecule has 0 unspecified atom stereocenters. The zero-order valence-corrected chi connectivity index (χ0v) is 10.0. The molecule has 0 aliphatic heterocycles. The number of carbonyl (C=O) groups is 1. The third-order valence-corrected chi connectivity index (χ3v) is 3.88. The van der Waals surface area contributed by atoms with E-state index in [2.05, 4.69) is 42.5 Å². The molecule has 1 aliphatic carbocycles. The lowest BCUT2D eigenvalue weighted by Gasteiger charge is -2.10. The first-order chi connectivity index (χ1) is 8.24. The Labute approximate surface area is 101 Å². The van der Waals surface area contributed by atoms with Crippen LogP contribution in [0.4, 0.5) is 0 Å². The van der Waals surface area contributed by atoms with Crippen molar-refractivity contribution >= 4 is 16.6 Å². The molecule has 0 aromatic heterocycles. The van der Waals surface area contributed by atoms with E-state index in [9.17, 15) is 4.79 Å². The van der Waals surface area contributed by atoms with Crippen LogP contribution in [-0.4, -0.2) is 5.78 Å². The highest BCUT2D eigenvalue weighted by atomic mass is 16.1. The molecule has 0 saturated heterocycles. The summed E-state index contributed by atoms with van der Waals surface area (Å²) >= 11 is 0. The predicted octanol–water partition coefficient (Wildman–Crippen LogP) is 3.92. The summed E-state index contributed by atoms with van der Waals surface area (Å²) in [6.07, 6.45) is 1.73. The van der Waals surface area contributed by atoms with Gasteiger partial charge in [0.1, 0.15) is 5.78 Å². The van der Waals surface area contributed by atoms with Gasteiger partial charge in [-0.05, 0) is 28.7 Å². The maximum absolute atomic E-state index is 11.6. The summed E-state index contributed by atoms with van der Waals surface area (Å²) in [4.78, 5) is 11.6. The second-order valence-electron chi connectivity index (χ2n) is 5.11. The van der Waals surface area contributed by atoms with Gasteiger partial charge < -0.3 is 0 Å². The second-order valence-corrected chi connectivity index (χ2v) is 5.11. The second kappa shape index (κ2) is 3.99. The molecule has 2 atom stereocenters. The summed E-state index contributed by atoms with van der Waals surface area (Å²) in [5.74, 6) is 1.09. The van der Waals surface area contributed by atoms with Gasteiger partial charge in [-0.2, -0.15) is 0 Å². The lowest BCUT2D eigenvalue weighted by molar-refractivity contribution is -0.120. The van der Waals surface area contributed by atoms with Crippen LogP contribution in [0.5, 0.6) is 0 Å². The van der Waals surface area contributed by atoms with Gasteiger partial charge >= 0.3 is 0 Å². The maximum atomic E-state index is 11.6. The van der Waals surface area contributed by atoms with Gasteiger partial charge in [-0.1, -0.05) is 49.4 Å². The Kier molecular flexibility index (Phi) is 2.47. The van der Waals surface area contributed by atoms with Crippen molar-refractivity contribution in [2.24, 2.45) is 5.92 Å². The first-order valence-electron chi connectivity index (χ1n) is 6.25. The van der Waals surface area contributed by atoms with Crippen molar-refractivity contribution in [1.29, 1.82) is 0 Å². The Bertz CT molecular complexity index is 571. The molecule has 1 fully saturated rings. The van der Waals surface area contributed by atoms with E-state index in [-0.39, 0.29) is 5.92 Å². The van der Waals surface area contributed by atoms with Gasteiger partial charge in [-0.3, -0.25) is 4.79 Å². The van der Waals surface area contributed by atoms with Gasteiger partial charge in [0, 0.05) is 12.3 Å². The summed E-state index contributed by atoms with van der Waals surface area (Å²) in [5, 5.41) is 2.55. The van der Waals surface area contributed by atoms with E-state index in [1.807, 2.05) is 6.92 Å².